The number of hydrogen-bond donors (Lipinski definition) is 2. The zero-order valence-corrected chi connectivity index (χ0v) is 11.6. The first-order chi connectivity index (χ1) is 8.15. The second-order valence-corrected chi connectivity index (χ2v) is 4.73. The lowest BCUT2D eigenvalue weighted by Gasteiger charge is -2.28. The van der Waals surface area contributed by atoms with Crippen molar-refractivity contribution in [1.29, 1.82) is 0 Å². The number of benzene rings is 1. The largest absolute Gasteiger partial charge is 1.00 e. The molecule has 1 aromatic carbocycles. The van der Waals surface area contributed by atoms with Crippen LogP contribution in [0.3, 0.4) is 0 Å². The maximum Gasteiger partial charge on any atom is 0.295 e. The number of nitrogens with zero attached hydrogens (tertiary/aromatic N) is 1. The molecule has 1 amide bonds. The van der Waals surface area contributed by atoms with Crippen LogP contribution in [-0.4, -0.2) is 44.0 Å². The number of carbonyl (C=O) groups excluding carboxylic acids is 1. The van der Waals surface area contributed by atoms with E-state index in [9.17, 15) is 4.79 Å². The van der Waals surface area contributed by atoms with Crippen LogP contribution < -0.4 is 22.8 Å². The molecule has 1 saturated heterocycles. The Morgan fingerprint density at radius 2 is 2.00 bits per heavy atom. The van der Waals surface area contributed by atoms with Gasteiger partial charge in [0, 0.05) is 18.7 Å². The third-order valence-electron chi connectivity index (χ3n) is 3.16. The molecule has 0 spiro atoms. The van der Waals surface area contributed by atoms with Gasteiger partial charge in [-0.15, -0.1) is 0 Å². The highest BCUT2D eigenvalue weighted by molar-refractivity contribution is 5.93. The Kier molecular flexibility index (Phi) is 5.59. The summed E-state index contributed by atoms with van der Waals surface area (Å²) in [6.45, 7) is 5.99. The zero-order valence-electron chi connectivity index (χ0n) is 10.9. The first-order valence-electron chi connectivity index (χ1n) is 6.06. The molecule has 1 aromatic rings. The van der Waals surface area contributed by atoms with E-state index in [1.807, 2.05) is 31.2 Å². The van der Waals surface area contributed by atoms with E-state index in [-0.39, 0.29) is 18.3 Å². The lowest BCUT2D eigenvalue weighted by molar-refractivity contribution is -0.939. The minimum Gasteiger partial charge on any atom is -1.00 e. The summed E-state index contributed by atoms with van der Waals surface area (Å²) in [5.41, 5.74) is 4.90. The molecule has 18 heavy (non-hydrogen) atoms. The average molecular weight is 270 g/mol. The molecule has 1 aliphatic heterocycles. The molecule has 0 atom stereocenters. The van der Waals surface area contributed by atoms with E-state index >= 15 is 0 Å². The van der Waals surface area contributed by atoms with Crippen LogP contribution in [0.25, 0.3) is 0 Å². The van der Waals surface area contributed by atoms with Gasteiger partial charge in [0.05, 0.1) is 0 Å². The van der Waals surface area contributed by atoms with Gasteiger partial charge in [0.15, 0.2) is 0 Å². The molecule has 5 heteroatoms. The Morgan fingerprint density at radius 1 is 1.33 bits per heavy atom. The minimum atomic E-state index is 0. The number of hydrogen-bond acceptors (Lipinski definition) is 2. The quantitative estimate of drug-likeness (QED) is 0.584. The van der Waals surface area contributed by atoms with E-state index in [1.54, 1.807) is 0 Å². The lowest BCUT2D eigenvalue weighted by Crippen LogP contribution is -3.21. The molecule has 0 aromatic heterocycles. The molecule has 2 rings (SSSR count). The van der Waals surface area contributed by atoms with Crippen LogP contribution in [-0.2, 0) is 0 Å². The SMILES string of the molecule is Cc1cccc(C(=O)N[NH+]2CCN(C)CC2)c1.[Cl-]. The molecule has 0 saturated carbocycles. The standard InChI is InChI=1S/C13H19N3O.ClH/c1-11-4-3-5-12(10-11)13(17)14-16-8-6-15(2)7-9-16;/h3-5,10H,6-9H2,1-2H3,(H,14,17);1H. The number of nitrogens with one attached hydrogen (secondary N) is 2. The fraction of sp³-hybridized carbons (Fsp3) is 0.462. The Balaban J connectivity index is 0.00000162. The summed E-state index contributed by atoms with van der Waals surface area (Å²) >= 11 is 0. The van der Waals surface area contributed by atoms with Crippen LogP contribution in [0.2, 0.25) is 0 Å². The van der Waals surface area contributed by atoms with Crippen LogP contribution in [0.5, 0.6) is 0 Å². The molecular weight excluding hydrogens is 250 g/mol. The van der Waals surface area contributed by atoms with Crippen molar-refractivity contribution < 1.29 is 22.2 Å². The fourth-order valence-corrected chi connectivity index (χ4v) is 2.03. The third-order valence-corrected chi connectivity index (χ3v) is 3.16. The molecule has 1 fully saturated rings. The normalized spacial score (nSPS) is 17.0. The van der Waals surface area contributed by atoms with Gasteiger partial charge in [-0.3, -0.25) is 9.69 Å². The van der Waals surface area contributed by atoms with Gasteiger partial charge in [-0.1, -0.05) is 17.7 Å². The number of rotatable bonds is 2. The number of aryl methyl sites for hydroxylation is 1. The smallest absolute Gasteiger partial charge is 0.295 e. The van der Waals surface area contributed by atoms with Gasteiger partial charge in [0.25, 0.3) is 5.91 Å². The van der Waals surface area contributed by atoms with Crippen molar-refractivity contribution in [3.05, 3.63) is 35.4 Å². The Labute approximate surface area is 114 Å². The highest BCUT2D eigenvalue weighted by atomic mass is 35.5. The highest BCUT2D eigenvalue weighted by Crippen LogP contribution is 2.02. The maximum atomic E-state index is 12.0. The van der Waals surface area contributed by atoms with Crippen molar-refractivity contribution in [3.63, 3.8) is 0 Å². The number of carbonyl (C=O) groups is 1. The number of piperazine rings is 1. The van der Waals surface area contributed by atoms with Gasteiger partial charge in [-0.25, -0.2) is 5.01 Å². The molecule has 1 heterocycles. The maximum absolute atomic E-state index is 12.0. The molecule has 1 aliphatic rings. The Bertz CT molecular complexity index is 403. The second-order valence-electron chi connectivity index (χ2n) is 4.73. The summed E-state index contributed by atoms with van der Waals surface area (Å²) in [7, 11) is 2.11. The summed E-state index contributed by atoms with van der Waals surface area (Å²) < 4.78 is 0. The van der Waals surface area contributed by atoms with Gasteiger partial charge in [0.1, 0.15) is 13.1 Å². The van der Waals surface area contributed by atoms with E-state index < -0.39 is 0 Å². The number of quaternary nitrogens is 1. The summed E-state index contributed by atoms with van der Waals surface area (Å²) in [4.78, 5) is 14.3. The predicted octanol–water partition coefficient (Wildman–Crippen LogP) is -3.53. The van der Waals surface area contributed by atoms with Gasteiger partial charge in [-0.2, -0.15) is 5.43 Å². The fourth-order valence-electron chi connectivity index (χ4n) is 2.03. The average Bonchev–Trinajstić information content (AvgIpc) is 2.32. The Morgan fingerprint density at radius 3 is 2.61 bits per heavy atom. The molecule has 4 nitrogen and oxygen atoms in total. The van der Waals surface area contributed by atoms with E-state index in [4.69, 9.17) is 0 Å². The van der Waals surface area contributed by atoms with Crippen LogP contribution >= 0.6 is 0 Å². The van der Waals surface area contributed by atoms with Crippen molar-refractivity contribution in [2.24, 2.45) is 0 Å². The molecule has 0 bridgehead atoms. The van der Waals surface area contributed by atoms with E-state index in [0.717, 1.165) is 42.3 Å². The van der Waals surface area contributed by atoms with Crippen LogP contribution in [0.1, 0.15) is 15.9 Å². The molecule has 100 valence electrons. The van der Waals surface area contributed by atoms with E-state index in [0.29, 0.717) is 0 Å². The third kappa shape index (κ3) is 3.98. The number of halogens is 1. The molecule has 2 N–H and O–H groups in total. The monoisotopic (exact) mass is 269 g/mol. The van der Waals surface area contributed by atoms with E-state index in [1.165, 1.54) is 0 Å². The zero-order chi connectivity index (χ0) is 12.3. The minimum absolute atomic E-state index is 0. The van der Waals surface area contributed by atoms with Crippen molar-refractivity contribution in [3.8, 4) is 0 Å². The summed E-state index contributed by atoms with van der Waals surface area (Å²) in [5.74, 6) is 0.0215. The molecule has 0 radical (unpaired) electrons. The van der Waals surface area contributed by atoms with E-state index in [2.05, 4.69) is 17.4 Å². The first kappa shape index (κ1) is 15.0. The van der Waals surface area contributed by atoms with Gasteiger partial charge in [-0.05, 0) is 26.1 Å². The van der Waals surface area contributed by atoms with Crippen LogP contribution in [0, 0.1) is 6.92 Å². The molecular formula is C13H20ClN3O. The predicted molar refractivity (Wildman–Crippen MR) is 66.8 cm³/mol. The number of likely N-dealkylation sites (N-methyl/N-ethyl adjacent to an activating group) is 1. The summed E-state index contributed by atoms with van der Waals surface area (Å²) in [6.07, 6.45) is 0. The summed E-state index contributed by atoms with van der Waals surface area (Å²) in [6, 6.07) is 7.70. The van der Waals surface area contributed by atoms with Crippen molar-refractivity contribution in [1.82, 2.24) is 10.3 Å². The lowest BCUT2D eigenvalue weighted by atomic mass is 10.1. The number of amides is 1. The molecule has 0 unspecified atom stereocenters. The van der Waals surface area contributed by atoms with Crippen molar-refractivity contribution in [2.45, 2.75) is 6.92 Å². The topological polar surface area (TPSA) is 36.8 Å². The van der Waals surface area contributed by atoms with Crippen molar-refractivity contribution >= 4 is 5.91 Å². The second kappa shape index (κ2) is 6.73. The van der Waals surface area contributed by atoms with Gasteiger partial charge >= 0.3 is 0 Å². The first-order valence-corrected chi connectivity index (χ1v) is 6.06. The summed E-state index contributed by atoms with van der Waals surface area (Å²) in [5, 5.41) is 1.16. The van der Waals surface area contributed by atoms with Gasteiger partial charge in [0.2, 0.25) is 0 Å². The van der Waals surface area contributed by atoms with Crippen LogP contribution in [0.15, 0.2) is 24.3 Å². The Hall–Kier alpha value is -1.10. The molecule has 0 aliphatic carbocycles. The van der Waals surface area contributed by atoms with Crippen molar-refractivity contribution in [2.75, 3.05) is 33.2 Å². The van der Waals surface area contributed by atoms with Gasteiger partial charge < -0.3 is 12.4 Å². The highest BCUT2D eigenvalue weighted by Gasteiger charge is 2.19. The van der Waals surface area contributed by atoms with Crippen LogP contribution in [0.4, 0.5) is 0 Å².